The number of amides is 1. The highest BCUT2D eigenvalue weighted by molar-refractivity contribution is 8.14. The number of thioether (sulfide) groups is 1. The van der Waals surface area contributed by atoms with Gasteiger partial charge in [0.1, 0.15) is 5.76 Å². The lowest BCUT2D eigenvalue weighted by Gasteiger charge is -2.22. The molecule has 2 aromatic rings. The third kappa shape index (κ3) is 3.01. The van der Waals surface area contributed by atoms with E-state index in [1.54, 1.807) is 0 Å². The number of nitrogens with zero attached hydrogens (tertiary/aromatic N) is 1. The minimum Gasteiger partial charge on any atom is -0.455 e. The van der Waals surface area contributed by atoms with E-state index in [-0.39, 0.29) is 11.9 Å². The molecule has 0 bridgehead atoms. The monoisotopic (exact) mass is 354 g/mol. The molecule has 25 heavy (non-hydrogen) atoms. The summed E-state index contributed by atoms with van der Waals surface area (Å²) in [6, 6.07) is 8.31. The maximum absolute atomic E-state index is 12.7. The van der Waals surface area contributed by atoms with Gasteiger partial charge in [-0.05, 0) is 32.8 Å². The number of rotatable bonds is 3. The number of fused-ring (bicyclic) bond motifs is 3. The number of hydrogen-bond acceptors (Lipinski definition) is 4. The molecule has 0 saturated heterocycles. The van der Waals surface area contributed by atoms with Crippen LogP contribution in [-0.4, -0.2) is 16.2 Å². The summed E-state index contributed by atoms with van der Waals surface area (Å²) in [7, 11) is 0. The van der Waals surface area contributed by atoms with Crippen LogP contribution in [0.15, 0.2) is 33.7 Å². The maximum Gasteiger partial charge on any atom is 0.287 e. The van der Waals surface area contributed by atoms with E-state index < -0.39 is 0 Å². The SMILES string of the molecule is CC1=NC2c3c(oc(C(=O)NCc4cccc(C)c4)c3C)CCC2S1. The molecule has 5 heteroatoms. The fourth-order valence-corrected chi connectivity index (χ4v) is 4.97. The van der Waals surface area contributed by atoms with Gasteiger partial charge in [0.25, 0.3) is 5.91 Å². The van der Waals surface area contributed by atoms with Gasteiger partial charge in [0.15, 0.2) is 5.76 Å². The molecule has 1 aromatic carbocycles. The average Bonchev–Trinajstić information content (AvgIpc) is 3.12. The highest BCUT2D eigenvalue weighted by Crippen LogP contribution is 2.47. The Hall–Kier alpha value is -2.01. The smallest absolute Gasteiger partial charge is 0.287 e. The Morgan fingerprint density at radius 2 is 2.20 bits per heavy atom. The predicted octanol–water partition coefficient (Wildman–Crippen LogP) is 4.35. The summed E-state index contributed by atoms with van der Waals surface area (Å²) in [6.45, 7) is 6.60. The van der Waals surface area contributed by atoms with Crippen molar-refractivity contribution in [3.05, 3.63) is 58.0 Å². The van der Waals surface area contributed by atoms with Crippen molar-refractivity contribution in [1.29, 1.82) is 0 Å². The van der Waals surface area contributed by atoms with Gasteiger partial charge in [-0.2, -0.15) is 0 Å². The second-order valence-electron chi connectivity index (χ2n) is 6.85. The molecule has 0 radical (unpaired) electrons. The van der Waals surface area contributed by atoms with Gasteiger partial charge in [0.05, 0.1) is 11.1 Å². The van der Waals surface area contributed by atoms with Crippen molar-refractivity contribution in [3.8, 4) is 0 Å². The fraction of sp³-hybridized carbons (Fsp3) is 0.400. The lowest BCUT2D eigenvalue weighted by atomic mass is 9.90. The van der Waals surface area contributed by atoms with E-state index in [1.807, 2.05) is 30.8 Å². The molecular weight excluding hydrogens is 332 g/mol. The Bertz CT molecular complexity index is 869. The fourth-order valence-electron chi connectivity index (χ4n) is 3.79. The highest BCUT2D eigenvalue weighted by Gasteiger charge is 2.39. The van der Waals surface area contributed by atoms with Crippen LogP contribution in [0.25, 0.3) is 0 Å². The van der Waals surface area contributed by atoms with Gasteiger partial charge in [0.2, 0.25) is 0 Å². The maximum atomic E-state index is 12.7. The molecule has 1 aromatic heterocycles. The number of furan rings is 1. The zero-order valence-corrected chi connectivity index (χ0v) is 15.6. The summed E-state index contributed by atoms with van der Waals surface area (Å²) in [5.74, 6) is 1.25. The van der Waals surface area contributed by atoms with Crippen molar-refractivity contribution in [3.63, 3.8) is 0 Å². The Balaban J connectivity index is 1.55. The first-order chi connectivity index (χ1) is 12.0. The Morgan fingerprint density at radius 1 is 1.36 bits per heavy atom. The van der Waals surface area contributed by atoms with Crippen LogP contribution in [0, 0.1) is 13.8 Å². The van der Waals surface area contributed by atoms with Crippen molar-refractivity contribution in [2.24, 2.45) is 4.99 Å². The van der Waals surface area contributed by atoms with E-state index >= 15 is 0 Å². The number of carbonyl (C=O) groups excluding carboxylic acids is 1. The molecule has 0 saturated carbocycles. The van der Waals surface area contributed by atoms with E-state index in [2.05, 4.69) is 31.3 Å². The molecule has 1 N–H and O–H groups in total. The second-order valence-corrected chi connectivity index (χ2v) is 8.28. The molecule has 1 aliphatic carbocycles. The molecule has 130 valence electrons. The number of benzene rings is 1. The summed E-state index contributed by atoms with van der Waals surface area (Å²) in [6.07, 6.45) is 1.94. The van der Waals surface area contributed by atoms with Crippen LogP contribution in [0.5, 0.6) is 0 Å². The van der Waals surface area contributed by atoms with E-state index in [4.69, 9.17) is 9.41 Å². The van der Waals surface area contributed by atoms with Crippen molar-refractivity contribution in [2.75, 3.05) is 0 Å². The lowest BCUT2D eigenvalue weighted by molar-refractivity contribution is 0.0920. The minimum absolute atomic E-state index is 0.142. The van der Waals surface area contributed by atoms with E-state index in [0.717, 1.165) is 40.3 Å². The molecule has 2 heterocycles. The van der Waals surface area contributed by atoms with Gasteiger partial charge in [0, 0.05) is 29.3 Å². The largest absolute Gasteiger partial charge is 0.455 e. The first-order valence-corrected chi connectivity index (χ1v) is 9.58. The number of carbonyl (C=O) groups is 1. The van der Waals surface area contributed by atoms with Gasteiger partial charge >= 0.3 is 0 Å². The highest BCUT2D eigenvalue weighted by atomic mass is 32.2. The van der Waals surface area contributed by atoms with E-state index in [9.17, 15) is 4.79 Å². The van der Waals surface area contributed by atoms with Crippen LogP contribution < -0.4 is 5.32 Å². The molecule has 4 nitrogen and oxygen atoms in total. The molecule has 4 rings (SSSR count). The molecule has 1 amide bonds. The third-order valence-corrected chi connectivity index (χ3v) is 6.20. The molecular formula is C20H22N2O2S. The number of nitrogens with one attached hydrogen (secondary N) is 1. The van der Waals surface area contributed by atoms with Crippen molar-refractivity contribution in [2.45, 2.75) is 51.4 Å². The van der Waals surface area contributed by atoms with Crippen molar-refractivity contribution in [1.82, 2.24) is 5.32 Å². The van der Waals surface area contributed by atoms with Crippen LogP contribution in [-0.2, 0) is 13.0 Å². The quantitative estimate of drug-likeness (QED) is 0.892. The zero-order chi connectivity index (χ0) is 17.6. The molecule has 2 unspecified atom stereocenters. The molecule has 2 atom stereocenters. The van der Waals surface area contributed by atoms with Gasteiger partial charge in [-0.3, -0.25) is 9.79 Å². The third-order valence-electron chi connectivity index (χ3n) is 4.96. The van der Waals surface area contributed by atoms with Crippen LogP contribution >= 0.6 is 11.8 Å². The van der Waals surface area contributed by atoms with Crippen molar-refractivity contribution < 1.29 is 9.21 Å². The molecule has 2 aliphatic rings. The number of aryl methyl sites for hydroxylation is 2. The van der Waals surface area contributed by atoms with Gasteiger partial charge < -0.3 is 9.73 Å². The van der Waals surface area contributed by atoms with Crippen molar-refractivity contribution >= 4 is 22.7 Å². The van der Waals surface area contributed by atoms with Crippen LogP contribution in [0.3, 0.4) is 0 Å². The Kier molecular flexibility index (Phi) is 4.20. The molecule has 1 aliphatic heterocycles. The summed E-state index contributed by atoms with van der Waals surface area (Å²) in [4.78, 5) is 17.4. The Morgan fingerprint density at radius 3 is 3.00 bits per heavy atom. The van der Waals surface area contributed by atoms with Crippen LogP contribution in [0.4, 0.5) is 0 Å². The first-order valence-electron chi connectivity index (χ1n) is 8.70. The second kappa shape index (κ2) is 6.37. The molecule has 0 fully saturated rings. The summed E-state index contributed by atoms with van der Waals surface area (Å²) >= 11 is 1.86. The average molecular weight is 354 g/mol. The summed E-state index contributed by atoms with van der Waals surface area (Å²) in [5.41, 5.74) is 4.37. The van der Waals surface area contributed by atoms with Gasteiger partial charge in [-0.15, -0.1) is 11.8 Å². The summed E-state index contributed by atoms with van der Waals surface area (Å²) in [5, 5.41) is 4.61. The zero-order valence-electron chi connectivity index (χ0n) is 14.8. The standard InChI is InChI=1S/C20H22N2O2S/c1-11-5-4-6-14(9-11)10-21-20(23)19-12(2)17-15(24-19)7-8-16-18(17)22-13(3)25-16/h4-6,9,16,18H,7-8,10H2,1-3H3,(H,21,23). The van der Waals surface area contributed by atoms with Gasteiger partial charge in [-0.1, -0.05) is 29.8 Å². The number of hydrogen-bond donors (Lipinski definition) is 1. The van der Waals surface area contributed by atoms with Crippen LogP contribution in [0.1, 0.15) is 58.0 Å². The van der Waals surface area contributed by atoms with Gasteiger partial charge in [-0.25, -0.2) is 0 Å². The number of aliphatic imine (C=N–C) groups is 1. The van der Waals surface area contributed by atoms with E-state index in [0.29, 0.717) is 17.6 Å². The Labute approximate surface area is 152 Å². The lowest BCUT2D eigenvalue weighted by Crippen LogP contribution is -2.23. The normalized spacial score (nSPS) is 21.5. The summed E-state index contributed by atoms with van der Waals surface area (Å²) < 4.78 is 5.96. The molecule has 0 spiro atoms. The topological polar surface area (TPSA) is 54.6 Å². The predicted molar refractivity (Wildman–Crippen MR) is 101 cm³/mol. The minimum atomic E-state index is -0.142. The first kappa shape index (κ1) is 16.5. The van der Waals surface area contributed by atoms with Crippen LogP contribution in [0.2, 0.25) is 0 Å². The van der Waals surface area contributed by atoms with E-state index in [1.165, 1.54) is 5.56 Å².